The maximum atomic E-state index is 12.8. The van der Waals surface area contributed by atoms with Crippen molar-refractivity contribution in [2.24, 2.45) is 11.8 Å². The fourth-order valence-electron chi connectivity index (χ4n) is 4.14. The molecule has 4 nitrogen and oxygen atoms in total. The van der Waals surface area contributed by atoms with E-state index in [0.717, 1.165) is 29.7 Å². The molecule has 0 saturated carbocycles. The van der Waals surface area contributed by atoms with Crippen LogP contribution in [0.3, 0.4) is 0 Å². The summed E-state index contributed by atoms with van der Waals surface area (Å²) in [7, 11) is 0. The monoisotopic (exact) mass is 285 g/mol. The van der Waals surface area contributed by atoms with Gasteiger partial charge in [0.25, 0.3) is 0 Å². The molecule has 0 aliphatic carbocycles. The van der Waals surface area contributed by atoms with Crippen LogP contribution in [0, 0.1) is 32.6 Å². The number of anilines is 1. The first-order valence-corrected chi connectivity index (χ1v) is 7.60. The molecule has 0 radical (unpaired) electrons. The quantitative estimate of drug-likeness (QED) is 0.744. The average molecular weight is 285 g/mol. The molecular formula is C17H19NO3. The molecule has 4 atom stereocenters. The summed E-state index contributed by atoms with van der Waals surface area (Å²) in [5.74, 6) is -0.637. The third kappa shape index (κ3) is 1.59. The third-order valence-electron chi connectivity index (χ3n) is 5.34. The van der Waals surface area contributed by atoms with Crippen molar-refractivity contribution in [1.29, 1.82) is 0 Å². The van der Waals surface area contributed by atoms with Crippen LogP contribution in [0.15, 0.2) is 12.1 Å². The van der Waals surface area contributed by atoms with Crippen LogP contribution in [0.1, 0.15) is 29.5 Å². The van der Waals surface area contributed by atoms with Gasteiger partial charge in [-0.1, -0.05) is 6.07 Å². The Labute approximate surface area is 124 Å². The number of carbonyl (C=O) groups excluding carboxylic acids is 2. The van der Waals surface area contributed by atoms with Gasteiger partial charge in [0, 0.05) is 0 Å². The molecule has 4 unspecified atom stereocenters. The lowest BCUT2D eigenvalue weighted by atomic mass is 9.81. The second kappa shape index (κ2) is 4.17. The number of hydrogen-bond acceptors (Lipinski definition) is 3. The van der Waals surface area contributed by atoms with Gasteiger partial charge in [0.15, 0.2) is 0 Å². The van der Waals surface area contributed by atoms with Crippen LogP contribution in [0.2, 0.25) is 0 Å². The largest absolute Gasteiger partial charge is 0.373 e. The van der Waals surface area contributed by atoms with Gasteiger partial charge < -0.3 is 4.74 Å². The first-order valence-electron chi connectivity index (χ1n) is 7.60. The minimum atomic E-state index is -0.253. The summed E-state index contributed by atoms with van der Waals surface area (Å²) in [5.41, 5.74) is 4.02. The Morgan fingerprint density at radius 1 is 0.905 bits per heavy atom. The molecule has 21 heavy (non-hydrogen) atoms. The predicted octanol–water partition coefficient (Wildman–Crippen LogP) is 2.28. The summed E-state index contributed by atoms with van der Waals surface area (Å²) in [6, 6.07) is 4.01. The van der Waals surface area contributed by atoms with Crippen LogP contribution in [-0.4, -0.2) is 24.0 Å². The summed E-state index contributed by atoms with van der Waals surface area (Å²) in [5, 5.41) is 0. The van der Waals surface area contributed by atoms with Crippen molar-refractivity contribution in [3.8, 4) is 0 Å². The first kappa shape index (κ1) is 13.0. The third-order valence-corrected chi connectivity index (χ3v) is 5.34. The zero-order valence-corrected chi connectivity index (χ0v) is 12.6. The van der Waals surface area contributed by atoms with Gasteiger partial charge >= 0.3 is 0 Å². The summed E-state index contributed by atoms with van der Waals surface area (Å²) in [6.07, 6.45) is 1.72. The smallest absolute Gasteiger partial charge is 0.240 e. The van der Waals surface area contributed by atoms with E-state index in [-0.39, 0.29) is 35.9 Å². The molecule has 4 heteroatoms. The normalized spacial score (nSPS) is 34.0. The van der Waals surface area contributed by atoms with Crippen molar-refractivity contribution < 1.29 is 14.3 Å². The van der Waals surface area contributed by atoms with E-state index in [4.69, 9.17) is 4.74 Å². The van der Waals surface area contributed by atoms with Crippen LogP contribution >= 0.6 is 0 Å². The molecule has 3 saturated heterocycles. The number of amides is 2. The number of nitrogens with zero attached hydrogens (tertiary/aromatic N) is 1. The molecule has 0 spiro atoms. The highest BCUT2D eigenvalue weighted by Gasteiger charge is 2.62. The highest BCUT2D eigenvalue weighted by molar-refractivity contribution is 6.23. The number of rotatable bonds is 1. The standard InChI is InChI=1S/C17H19NO3/c1-8-6-10(3)11(7-9(8)2)18-16(19)14-12-4-5-13(21-12)15(14)17(18)20/h6-7,12-15H,4-5H2,1-3H3. The Hall–Kier alpha value is -1.68. The van der Waals surface area contributed by atoms with E-state index >= 15 is 0 Å². The van der Waals surface area contributed by atoms with E-state index in [1.54, 1.807) is 0 Å². The highest BCUT2D eigenvalue weighted by Crippen LogP contribution is 2.49. The molecule has 1 aromatic rings. The fraction of sp³-hybridized carbons (Fsp3) is 0.529. The van der Waals surface area contributed by atoms with Gasteiger partial charge in [-0.15, -0.1) is 0 Å². The maximum absolute atomic E-state index is 12.8. The number of carbonyl (C=O) groups is 2. The lowest BCUT2D eigenvalue weighted by Gasteiger charge is -2.20. The SMILES string of the molecule is Cc1cc(C)c(N2C(=O)C3C4CCC(O4)C3C2=O)cc1C. The van der Waals surface area contributed by atoms with Crippen molar-refractivity contribution in [2.45, 2.75) is 45.8 Å². The number of benzene rings is 1. The van der Waals surface area contributed by atoms with E-state index in [9.17, 15) is 9.59 Å². The fourth-order valence-corrected chi connectivity index (χ4v) is 4.14. The second-order valence-corrected chi connectivity index (χ2v) is 6.58. The molecule has 0 N–H and O–H groups in total. The number of imide groups is 1. The number of ether oxygens (including phenoxy) is 1. The van der Waals surface area contributed by atoms with Gasteiger partial charge in [0.2, 0.25) is 11.8 Å². The van der Waals surface area contributed by atoms with E-state index in [1.165, 1.54) is 10.5 Å². The Balaban J connectivity index is 1.79. The zero-order chi connectivity index (χ0) is 14.9. The van der Waals surface area contributed by atoms with Gasteiger partial charge in [-0.2, -0.15) is 0 Å². The van der Waals surface area contributed by atoms with Crippen molar-refractivity contribution in [3.63, 3.8) is 0 Å². The average Bonchev–Trinajstić information content (AvgIpc) is 3.09. The number of hydrogen-bond donors (Lipinski definition) is 0. The minimum absolute atomic E-state index is 0.0479. The summed E-state index contributed by atoms with van der Waals surface area (Å²) in [4.78, 5) is 26.9. The number of aryl methyl sites for hydroxylation is 3. The lowest BCUT2D eigenvalue weighted by Crippen LogP contribution is -2.34. The molecule has 3 heterocycles. The van der Waals surface area contributed by atoms with E-state index < -0.39 is 0 Å². The Morgan fingerprint density at radius 2 is 1.43 bits per heavy atom. The molecule has 3 aliphatic rings. The van der Waals surface area contributed by atoms with Crippen molar-refractivity contribution in [3.05, 3.63) is 28.8 Å². The number of fused-ring (bicyclic) bond motifs is 5. The van der Waals surface area contributed by atoms with Crippen LogP contribution in [0.5, 0.6) is 0 Å². The first-order chi connectivity index (χ1) is 9.99. The van der Waals surface area contributed by atoms with Crippen LogP contribution in [0.4, 0.5) is 5.69 Å². The molecule has 1 aromatic carbocycles. The molecule has 2 amide bonds. The van der Waals surface area contributed by atoms with Crippen LogP contribution in [0.25, 0.3) is 0 Å². The topological polar surface area (TPSA) is 46.6 Å². The summed E-state index contributed by atoms with van der Waals surface area (Å²) < 4.78 is 5.77. The molecule has 2 bridgehead atoms. The van der Waals surface area contributed by atoms with E-state index in [0.29, 0.717) is 0 Å². The van der Waals surface area contributed by atoms with Gasteiger partial charge in [-0.25, -0.2) is 4.90 Å². The highest BCUT2D eigenvalue weighted by atomic mass is 16.5. The molecule has 3 aliphatic heterocycles. The molecule has 4 rings (SSSR count). The second-order valence-electron chi connectivity index (χ2n) is 6.58. The van der Waals surface area contributed by atoms with Crippen molar-refractivity contribution in [2.75, 3.05) is 4.90 Å². The van der Waals surface area contributed by atoms with Crippen molar-refractivity contribution in [1.82, 2.24) is 0 Å². The maximum Gasteiger partial charge on any atom is 0.240 e. The van der Waals surface area contributed by atoms with Crippen LogP contribution < -0.4 is 4.90 Å². The summed E-state index contributed by atoms with van der Waals surface area (Å²) >= 11 is 0. The van der Waals surface area contributed by atoms with Gasteiger partial charge in [-0.05, 0) is 56.4 Å². The van der Waals surface area contributed by atoms with Gasteiger partial charge in [0.05, 0.1) is 29.7 Å². The molecule has 0 aromatic heterocycles. The zero-order valence-electron chi connectivity index (χ0n) is 12.6. The Morgan fingerprint density at radius 3 is 2.00 bits per heavy atom. The van der Waals surface area contributed by atoms with Gasteiger partial charge in [-0.3, -0.25) is 9.59 Å². The molecule has 110 valence electrons. The molecule has 3 fully saturated rings. The van der Waals surface area contributed by atoms with E-state index in [1.807, 2.05) is 32.9 Å². The van der Waals surface area contributed by atoms with Crippen molar-refractivity contribution >= 4 is 17.5 Å². The Bertz CT molecular complexity index is 638. The van der Waals surface area contributed by atoms with Gasteiger partial charge in [0.1, 0.15) is 0 Å². The van der Waals surface area contributed by atoms with Crippen LogP contribution in [-0.2, 0) is 14.3 Å². The van der Waals surface area contributed by atoms with E-state index in [2.05, 4.69) is 0 Å². The Kier molecular flexibility index (Phi) is 2.58. The lowest BCUT2D eigenvalue weighted by molar-refractivity contribution is -0.124. The molecular weight excluding hydrogens is 266 g/mol. The predicted molar refractivity (Wildman–Crippen MR) is 78.0 cm³/mol. The minimum Gasteiger partial charge on any atom is -0.373 e. The summed E-state index contributed by atoms with van der Waals surface area (Å²) in [6.45, 7) is 6.01.